The van der Waals surface area contributed by atoms with Gasteiger partial charge in [0.05, 0.1) is 5.01 Å². The van der Waals surface area contributed by atoms with Crippen LogP contribution in [0.4, 0.5) is 0 Å². The molecule has 2 rings (SSSR count). The average Bonchev–Trinajstić information content (AvgIpc) is 2.76. The molecule has 1 aromatic carbocycles. The van der Waals surface area contributed by atoms with Crippen molar-refractivity contribution in [2.75, 3.05) is 6.54 Å². The van der Waals surface area contributed by atoms with E-state index in [0.717, 1.165) is 17.0 Å². The highest BCUT2D eigenvalue weighted by Gasteiger charge is 2.04. The Morgan fingerprint density at radius 3 is 2.61 bits per heavy atom. The number of hydrogen-bond acceptors (Lipinski definition) is 3. The Balaban J connectivity index is 1.83. The number of aryl methyl sites for hydroxylation is 2. The van der Waals surface area contributed by atoms with Gasteiger partial charge in [-0.15, -0.1) is 11.3 Å². The van der Waals surface area contributed by atoms with Crippen molar-refractivity contribution in [1.82, 2.24) is 10.3 Å². The minimum Gasteiger partial charge on any atom is -0.352 e. The lowest BCUT2D eigenvalue weighted by Crippen LogP contribution is -2.25. The van der Waals surface area contributed by atoms with Gasteiger partial charge in [-0.2, -0.15) is 0 Å². The molecule has 1 amide bonds. The number of benzene rings is 1. The van der Waals surface area contributed by atoms with Gasteiger partial charge in [-0.3, -0.25) is 4.79 Å². The fraction of sp³-hybridized carbons (Fsp3) is 0.286. The van der Waals surface area contributed by atoms with Gasteiger partial charge in [-0.1, -0.05) is 17.7 Å². The maximum Gasteiger partial charge on any atom is 0.251 e. The summed E-state index contributed by atoms with van der Waals surface area (Å²) in [5.41, 5.74) is 1.87. The van der Waals surface area contributed by atoms with Crippen molar-refractivity contribution in [2.45, 2.75) is 20.3 Å². The van der Waals surface area contributed by atoms with E-state index in [1.807, 2.05) is 44.3 Å². The Labute approximate surface area is 111 Å². The third-order valence-electron chi connectivity index (χ3n) is 2.64. The van der Waals surface area contributed by atoms with Crippen LogP contribution in [0.1, 0.15) is 25.8 Å². The van der Waals surface area contributed by atoms with Gasteiger partial charge in [-0.25, -0.2) is 4.98 Å². The Morgan fingerprint density at radius 2 is 2.00 bits per heavy atom. The molecule has 0 spiro atoms. The van der Waals surface area contributed by atoms with E-state index < -0.39 is 0 Å². The molecule has 0 fully saturated rings. The first kappa shape index (κ1) is 12.8. The van der Waals surface area contributed by atoms with Crippen LogP contribution in [0.25, 0.3) is 0 Å². The Hall–Kier alpha value is -1.68. The van der Waals surface area contributed by atoms with Crippen LogP contribution in [0.3, 0.4) is 0 Å². The second-order valence-electron chi connectivity index (χ2n) is 4.22. The Bertz CT molecular complexity index is 531. The average molecular weight is 260 g/mol. The summed E-state index contributed by atoms with van der Waals surface area (Å²) in [5, 5.41) is 3.98. The van der Waals surface area contributed by atoms with Crippen LogP contribution in [0.2, 0.25) is 0 Å². The molecular weight excluding hydrogens is 244 g/mol. The summed E-state index contributed by atoms with van der Waals surface area (Å²) in [4.78, 5) is 17.2. The first-order valence-electron chi connectivity index (χ1n) is 5.91. The van der Waals surface area contributed by atoms with Gasteiger partial charge < -0.3 is 5.32 Å². The summed E-state index contributed by atoms with van der Waals surface area (Å²) in [6.07, 6.45) is 2.71. The topological polar surface area (TPSA) is 42.0 Å². The molecule has 4 heteroatoms. The normalized spacial score (nSPS) is 10.3. The third-order valence-corrected chi connectivity index (χ3v) is 3.61. The van der Waals surface area contributed by atoms with Crippen molar-refractivity contribution in [1.29, 1.82) is 0 Å². The van der Waals surface area contributed by atoms with Crippen LogP contribution < -0.4 is 5.32 Å². The van der Waals surface area contributed by atoms with E-state index in [4.69, 9.17) is 0 Å². The molecule has 1 N–H and O–H groups in total. The largest absolute Gasteiger partial charge is 0.352 e. The molecule has 0 aliphatic carbocycles. The molecule has 0 saturated heterocycles. The van der Waals surface area contributed by atoms with E-state index in [0.29, 0.717) is 12.1 Å². The first-order chi connectivity index (χ1) is 8.65. The van der Waals surface area contributed by atoms with E-state index in [2.05, 4.69) is 10.3 Å². The maximum atomic E-state index is 11.8. The standard InChI is InChI=1S/C14H16N2OS/c1-10-3-5-12(6-4-10)14(17)15-8-7-13-9-16-11(2)18-13/h3-6,9H,7-8H2,1-2H3,(H,15,17). The number of carbonyl (C=O) groups is 1. The molecule has 0 bridgehead atoms. The van der Waals surface area contributed by atoms with Crippen molar-refractivity contribution in [3.05, 3.63) is 51.5 Å². The van der Waals surface area contributed by atoms with Gasteiger partial charge in [0.2, 0.25) is 0 Å². The number of amides is 1. The molecule has 0 unspecified atom stereocenters. The molecule has 0 aliphatic heterocycles. The quantitative estimate of drug-likeness (QED) is 0.918. The number of thiazole rings is 1. The molecule has 3 nitrogen and oxygen atoms in total. The van der Waals surface area contributed by atoms with Crippen molar-refractivity contribution >= 4 is 17.2 Å². The highest BCUT2D eigenvalue weighted by Crippen LogP contribution is 2.11. The van der Waals surface area contributed by atoms with Crippen LogP contribution in [-0.4, -0.2) is 17.4 Å². The number of rotatable bonds is 4. The van der Waals surface area contributed by atoms with Crippen molar-refractivity contribution in [2.24, 2.45) is 0 Å². The van der Waals surface area contributed by atoms with Crippen LogP contribution in [0, 0.1) is 13.8 Å². The summed E-state index contributed by atoms with van der Waals surface area (Å²) >= 11 is 1.67. The summed E-state index contributed by atoms with van der Waals surface area (Å²) in [6.45, 7) is 4.64. The molecule has 0 radical (unpaired) electrons. The van der Waals surface area contributed by atoms with E-state index >= 15 is 0 Å². The smallest absolute Gasteiger partial charge is 0.251 e. The second-order valence-corrected chi connectivity index (χ2v) is 5.54. The number of nitrogens with one attached hydrogen (secondary N) is 1. The lowest BCUT2D eigenvalue weighted by molar-refractivity contribution is 0.0954. The first-order valence-corrected chi connectivity index (χ1v) is 6.73. The highest BCUT2D eigenvalue weighted by atomic mass is 32.1. The van der Waals surface area contributed by atoms with Gasteiger partial charge in [0.1, 0.15) is 0 Å². The summed E-state index contributed by atoms with van der Waals surface area (Å²) in [6, 6.07) is 7.59. The number of carbonyl (C=O) groups excluding carboxylic acids is 1. The Morgan fingerprint density at radius 1 is 1.28 bits per heavy atom. The summed E-state index contributed by atoms with van der Waals surface area (Å²) < 4.78 is 0. The van der Waals surface area contributed by atoms with E-state index in [9.17, 15) is 4.79 Å². The number of hydrogen-bond donors (Lipinski definition) is 1. The number of aromatic nitrogens is 1. The molecule has 1 heterocycles. The van der Waals surface area contributed by atoms with Gasteiger partial charge in [0, 0.05) is 29.6 Å². The number of nitrogens with zero attached hydrogens (tertiary/aromatic N) is 1. The van der Waals surface area contributed by atoms with Gasteiger partial charge >= 0.3 is 0 Å². The molecular formula is C14H16N2OS. The van der Waals surface area contributed by atoms with E-state index in [1.165, 1.54) is 4.88 Å². The Kier molecular flexibility index (Phi) is 4.10. The zero-order valence-electron chi connectivity index (χ0n) is 10.6. The zero-order chi connectivity index (χ0) is 13.0. The lowest BCUT2D eigenvalue weighted by Gasteiger charge is -2.04. The fourth-order valence-corrected chi connectivity index (χ4v) is 2.42. The molecule has 0 saturated carbocycles. The fourth-order valence-electron chi connectivity index (χ4n) is 1.63. The summed E-state index contributed by atoms with van der Waals surface area (Å²) in [5.74, 6) is -0.0174. The van der Waals surface area contributed by atoms with Crippen molar-refractivity contribution in [3.63, 3.8) is 0 Å². The molecule has 18 heavy (non-hydrogen) atoms. The van der Waals surface area contributed by atoms with Crippen molar-refractivity contribution < 1.29 is 4.79 Å². The van der Waals surface area contributed by atoms with Gasteiger partial charge in [-0.05, 0) is 26.0 Å². The second kappa shape index (κ2) is 5.78. The molecule has 94 valence electrons. The van der Waals surface area contributed by atoms with Gasteiger partial charge in [0.25, 0.3) is 5.91 Å². The van der Waals surface area contributed by atoms with Crippen molar-refractivity contribution in [3.8, 4) is 0 Å². The minimum atomic E-state index is -0.0174. The van der Waals surface area contributed by atoms with Crippen LogP contribution in [0.15, 0.2) is 30.5 Å². The minimum absolute atomic E-state index is 0.0174. The lowest BCUT2D eigenvalue weighted by atomic mass is 10.1. The molecule has 2 aromatic rings. The third kappa shape index (κ3) is 3.40. The highest BCUT2D eigenvalue weighted by molar-refractivity contribution is 7.11. The monoisotopic (exact) mass is 260 g/mol. The van der Waals surface area contributed by atoms with Crippen LogP contribution in [-0.2, 0) is 6.42 Å². The molecule has 1 aromatic heterocycles. The van der Waals surface area contributed by atoms with E-state index in [-0.39, 0.29) is 5.91 Å². The maximum absolute atomic E-state index is 11.8. The predicted octanol–water partition coefficient (Wildman–Crippen LogP) is 2.73. The van der Waals surface area contributed by atoms with E-state index in [1.54, 1.807) is 11.3 Å². The SMILES string of the molecule is Cc1ccc(C(=O)NCCc2cnc(C)s2)cc1. The molecule has 0 aliphatic rings. The van der Waals surface area contributed by atoms with Crippen LogP contribution >= 0.6 is 11.3 Å². The zero-order valence-corrected chi connectivity index (χ0v) is 11.4. The predicted molar refractivity (Wildman–Crippen MR) is 74.1 cm³/mol. The molecule has 0 atom stereocenters. The van der Waals surface area contributed by atoms with Gasteiger partial charge in [0.15, 0.2) is 0 Å². The van der Waals surface area contributed by atoms with Crippen LogP contribution in [0.5, 0.6) is 0 Å². The summed E-state index contributed by atoms with van der Waals surface area (Å²) in [7, 11) is 0.